The molecule has 6 heteroatoms. The van der Waals surface area contributed by atoms with Crippen LogP contribution in [-0.2, 0) is 18.4 Å². The molecular formula is C18H19FN4O. The molecule has 0 aliphatic carbocycles. The van der Waals surface area contributed by atoms with Crippen LogP contribution in [0.15, 0.2) is 48.5 Å². The van der Waals surface area contributed by atoms with Gasteiger partial charge in [0, 0.05) is 7.05 Å². The van der Waals surface area contributed by atoms with E-state index in [1.54, 1.807) is 19.2 Å². The molecule has 5 nitrogen and oxygen atoms in total. The van der Waals surface area contributed by atoms with E-state index in [9.17, 15) is 9.18 Å². The highest BCUT2D eigenvalue weighted by Crippen LogP contribution is 2.22. The van der Waals surface area contributed by atoms with Gasteiger partial charge in [-0.1, -0.05) is 24.3 Å². The van der Waals surface area contributed by atoms with Crippen molar-refractivity contribution in [3.05, 3.63) is 65.7 Å². The van der Waals surface area contributed by atoms with Gasteiger partial charge in [0.2, 0.25) is 5.91 Å². The SMILES string of the molecule is CN(Cc1nc2ccccc2n1C)[C@H](C(N)=O)c1ccc(F)cc1. The number of imidazole rings is 1. The quantitative estimate of drug-likeness (QED) is 0.783. The lowest BCUT2D eigenvalue weighted by atomic mass is 10.1. The molecule has 2 aromatic carbocycles. The molecule has 3 rings (SSSR count). The lowest BCUT2D eigenvalue weighted by Crippen LogP contribution is -2.35. The fourth-order valence-electron chi connectivity index (χ4n) is 2.93. The summed E-state index contributed by atoms with van der Waals surface area (Å²) >= 11 is 0. The van der Waals surface area contributed by atoms with E-state index in [1.807, 2.05) is 40.8 Å². The maximum Gasteiger partial charge on any atom is 0.239 e. The van der Waals surface area contributed by atoms with Gasteiger partial charge in [0.05, 0.1) is 17.6 Å². The molecule has 3 aromatic rings. The van der Waals surface area contributed by atoms with E-state index in [2.05, 4.69) is 4.98 Å². The van der Waals surface area contributed by atoms with Crippen molar-refractivity contribution >= 4 is 16.9 Å². The third kappa shape index (κ3) is 3.00. The number of benzene rings is 2. The predicted molar refractivity (Wildman–Crippen MR) is 90.5 cm³/mol. The van der Waals surface area contributed by atoms with Crippen molar-refractivity contribution in [3.63, 3.8) is 0 Å². The van der Waals surface area contributed by atoms with Crippen molar-refractivity contribution < 1.29 is 9.18 Å². The molecule has 0 saturated carbocycles. The molecular weight excluding hydrogens is 307 g/mol. The van der Waals surface area contributed by atoms with E-state index in [0.717, 1.165) is 16.9 Å². The summed E-state index contributed by atoms with van der Waals surface area (Å²) in [6.45, 7) is 0.441. The van der Waals surface area contributed by atoms with E-state index in [4.69, 9.17) is 5.73 Å². The van der Waals surface area contributed by atoms with Crippen LogP contribution in [0.5, 0.6) is 0 Å². The minimum Gasteiger partial charge on any atom is -0.368 e. The number of likely N-dealkylation sites (N-methyl/N-ethyl adjacent to an activating group) is 1. The van der Waals surface area contributed by atoms with Crippen molar-refractivity contribution in [3.8, 4) is 0 Å². The number of nitrogens with two attached hydrogens (primary N) is 1. The molecule has 0 bridgehead atoms. The van der Waals surface area contributed by atoms with Crippen LogP contribution in [0.4, 0.5) is 4.39 Å². The van der Waals surface area contributed by atoms with E-state index in [0.29, 0.717) is 12.1 Å². The largest absolute Gasteiger partial charge is 0.368 e. The molecule has 24 heavy (non-hydrogen) atoms. The molecule has 0 aliphatic rings. The number of hydrogen-bond acceptors (Lipinski definition) is 3. The van der Waals surface area contributed by atoms with Crippen molar-refractivity contribution in [1.82, 2.24) is 14.5 Å². The zero-order chi connectivity index (χ0) is 17.3. The number of halogens is 1. The highest BCUT2D eigenvalue weighted by molar-refractivity contribution is 5.81. The zero-order valence-corrected chi connectivity index (χ0v) is 13.6. The van der Waals surface area contributed by atoms with Crippen molar-refractivity contribution in [2.45, 2.75) is 12.6 Å². The fourth-order valence-corrected chi connectivity index (χ4v) is 2.93. The third-order valence-electron chi connectivity index (χ3n) is 4.17. The Morgan fingerprint density at radius 1 is 1.25 bits per heavy atom. The van der Waals surface area contributed by atoms with Crippen molar-refractivity contribution in [2.75, 3.05) is 7.05 Å². The van der Waals surface area contributed by atoms with E-state index < -0.39 is 11.9 Å². The molecule has 1 heterocycles. The summed E-state index contributed by atoms with van der Waals surface area (Å²) in [5, 5.41) is 0. The first-order valence-corrected chi connectivity index (χ1v) is 7.62. The number of amides is 1. The van der Waals surface area contributed by atoms with Gasteiger partial charge in [-0.15, -0.1) is 0 Å². The molecule has 0 unspecified atom stereocenters. The Hall–Kier alpha value is -2.73. The van der Waals surface area contributed by atoms with Crippen LogP contribution in [0.2, 0.25) is 0 Å². The second-order valence-electron chi connectivity index (χ2n) is 5.85. The van der Waals surface area contributed by atoms with Gasteiger partial charge in [-0.3, -0.25) is 9.69 Å². The minimum absolute atomic E-state index is 0.347. The van der Waals surface area contributed by atoms with Gasteiger partial charge in [0.1, 0.15) is 17.7 Å². The molecule has 0 spiro atoms. The number of fused-ring (bicyclic) bond motifs is 1. The molecule has 124 valence electrons. The Labute approximate surface area is 139 Å². The van der Waals surface area contributed by atoms with Crippen LogP contribution in [0, 0.1) is 5.82 Å². The first-order chi connectivity index (χ1) is 11.5. The number of para-hydroxylation sites is 2. The first-order valence-electron chi connectivity index (χ1n) is 7.62. The monoisotopic (exact) mass is 326 g/mol. The van der Waals surface area contributed by atoms with Gasteiger partial charge in [0.15, 0.2) is 0 Å². The number of rotatable bonds is 5. The number of hydrogen-bond donors (Lipinski definition) is 1. The smallest absolute Gasteiger partial charge is 0.239 e. The molecule has 0 aliphatic heterocycles. The second-order valence-corrected chi connectivity index (χ2v) is 5.85. The summed E-state index contributed by atoms with van der Waals surface area (Å²) in [4.78, 5) is 18.4. The highest BCUT2D eigenvalue weighted by Gasteiger charge is 2.24. The second kappa shape index (κ2) is 6.41. The summed E-state index contributed by atoms with van der Waals surface area (Å²) in [5.41, 5.74) is 8.16. The van der Waals surface area contributed by atoms with Crippen LogP contribution in [0.3, 0.4) is 0 Å². The number of aryl methyl sites for hydroxylation is 1. The van der Waals surface area contributed by atoms with E-state index in [-0.39, 0.29) is 5.82 Å². The maximum atomic E-state index is 13.1. The van der Waals surface area contributed by atoms with Crippen LogP contribution in [0.1, 0.15) is 17.4 Å². The third-order valence-corrected chi connectivity index (χ3v) is 4.17. The molecule has 1 amide bonds. The van der Waals surface area contributed by atoms with Gasteiger partial charge in [-0.05, 0) is 36.9 Å². The summed E-state index contributed by atoms with van der Waals surface area (Å²) in [7, 11) is 3.74. The lowest BCUT2D eigenvalue weighted by molar-refractivity contribution is -0.123. The Morgan fingerprint density at radius 3 is 2.54 bits per heavy atom. The highest BCUT2D eigenvalue weighted by atomic mass is 19.1. The molecule has 2 N–H and O–H groups in total. The standard InChI is InChI=1S/C18H19FN4O/c1-22(17(18(20)24)12-7-9-13(19)10-8-12)11-16-21-14-5-3-4-6-15(14)23(16)2/h3-10,17H,11H2,1-2H3,(H2,20,24)/t17-/m0/s1. The Kier molecular flexibility index (Phi) is 4.31. The number of carbonyl (C=O) groups is 1. The van der Waals surface area contributed by atoms with E-state index >= 15 is 0 Å². The van der Waals surface area contributed by atoms with Gasteiger partial charge < -0.3 is 10.3 Å². The van der Waals surface area contributed by atoms with Crippen LogP contribution in [0.25, 0.3) is 11.0 Å². The minimum atomic E-state index is -0.648. The fraction of sp³-hybridized carbons (Fsp3) is 0.222. The van der Waals surface area contributed by atoms with Gasteiger partial charge in [-0.2, -0.15) is 0 Å². The normalized spacial score (nSPS) is 12.7. The Balaban J connectivity index is 1.90. The summed E-state index contributed by atoms with van der Waals surface area (Å²) in [6, 6.07) is 13.0. The van der Waals surface area contributed by atoms with Gasteiger partial charge >= 0.3 is 0 Å². The van der Waals surface area contributed by atoms with Crippen LogP contribution >= 0.6 is 0 Å². The lowest BCUT2D eigenvalue weighted by Gasteiger charge is -2.25. The van der Waals surface area contributed by atoms with Crippen molar-refractivity contribution in [1.29, 1.82) is 0 Å². The van der Waals surface area contributed by atoms with Gasteiger partial charge in [-0.25, -0.2) is 9.37 Å². The van der Waals surface area contributed by atoms with Crippen LogP contribution in [-0.4, -0.2) is 27.4 Å². The Morgan fingerprint density at radius 2 is 1.92 bits per heavy atom. The number of carbonyl (C=O) groups excluding carboxylic acids is 1. The molecule has 1 atom stereocenters. The maximum absolute atomic E-state index is 13.1. The predicted octanol–water partition coefficient (Wildman–Crippen LogP) is 2.37. The number of nitrogens with zero attached hydrogens (tertiary/aromatic N) is 3. The molecule has 1 aromatic heterocycles. The van der Waals surface area contributed by atoms with E-state index in [1.165, 1.54) is 12.1 Å². The molecule has 0 saturated heterocycles. The molecule has 0 fully saturated rings. The average molecular weight is 326 g/mol. The first kappa shape index (κ1) is 16.1. The summed E-state index contributed by atoms with van der Waals surface area (Å²) < 4.78 is 15.1. The summed E-state index contributed by atoms with van der Waals surface area (Å²) in [6.07, 6.45) is 0. The van der Waals surface area contributed by atoms with Crippen LogP contribution < -0.4 is 5.73 Å². The van der Waals surface area contributed by atoms with Gasteiger partial charge in [0.25, 0.3) is 0 Å². The van der Waals surface area contributed by atoms with Crippen molar-refractivity contribution in [2.24, 2.45) is 12.8 Å². The average Bonchev–Trinajstić information content (AvgIpc) is 2.86. The summed E-state index contributed by atoms with van der Waals surface area (Å²) in [5.74, 6) is -0.00471. The number of aromatic nitrogens is 2. The number of primary amides is 1. The Bertz CT molecular complexity index is 872. The molecule has 0 radical (unpaired) electrons. The topological polar surface area (TPSA) is 64.2 Å². The zero-order valence-electron chi connectivity index (χ0n) is 13.6.